The van der Waals surface area contributed by atoms with E-state index >= 15 is 0 Å². The Morgan fingerprint density at radius 3 is 2.14 bits per heavy atom. The molecule has 0 atom stereocenters. The van der Waals surface area contributed by atoms with Gasteiger partial charge in [0.15, 0.2) is 6.61 Å². The smallest absolute Gasteiger partial charge is 0.331 e. The van der Waals surface area contributed by atoms with Crippen molar-refractivity contribution in [2.75, 3.05) is 11.9 Å². The van der Waals surface area contributed by atoms with Crippen LogP contribution < -0.4 is 10.1 Å². The predicted octanol–water partition coefficient (Wildman–Crippen LogP) is 7.36. The van der Waals surface area contributed by atoms with E-state index in [-0.39, 0.29) is 24.3 Å². The van der Waals surface area contributed by atoms with Crippen LogP contribution in [-0.4, -0.2) is 18.5 Å². The Balaban J connectivity index is 1.51. The third kappa shape index (κ3) is 7.72. The van der Waals surface area contributed by atoms with Crippen LogP contribution in [0, 0.1) is 0 Å². The number of para-hydroxylation sites is 1. The molecule has 0 heterocycles. The van der Waals surface area contributed by atoms with Crippen LogP contribution in [-0.2, 0) is 20.9 Å². The zero-order valence-electron chi connectivity index (χ0n) is 21.1. The van der Waals surface area contributed by atoms with Crippen molar-refractivity contribution in [1.29, 1.82) is 0 Å². The van der Waals surface area contributed by atoms with Gasteiger partial charge >= 0.3 is 5.97 Å². The van der Waals surface area contributed by atoms with Crippen molar-refractivity contribution in [3.05, 3.63) is 100 Å². The molecular weight excluding hydrogens is 474 g/mol. The second-order valence-corrected chi connectivity index (χ2v) is 9.47. The lowest BCUT2D eigenvalue weighted by Crippen LogP contribution is -2.22. The van der Waals surface area contributed by atoms with Crippen LogP contribution in [0.2, 0.25) is 5.02 Å². The van der Waals surface area contributed by atoms with Gasteiger partial charge in [-0.05, 0) is 52.8 Å². The summed E-state index contributed by atoms with van der Waals surface area (Å²) in [5, 5.41) is 3.60. The van der Waals surface area contributed by atoms with Crippen molar-refractivity contribution >= 4 is 35.2 Å². The van der Waals surface area contributed by atoms with Crippen molar-refractivity contribution < 1.29 is 19.1 Å². The highest BCUT2D eigenvalue weighted by Crippen LogP contribution is 2.32. The van der Waals surface area contributed by atoms with E-state index in [0.29, 0.717) is 17.4 Å². The largest absolute Gasteiger partial charge is 0.489 e. The van der Waals surface area contributed by atoms with Gasteiger partial charge in [-0.1, -0.05) is 87.8 Å². The molecule has 3 rings (SSSR count). The molecule has 0 fully saturated rings. The van der Waals surface area contributed by atoms with Gasteiger partial charge in [-0.15, -0.1) is 0 Å². The maximum Gasteiger partial charge on any atom is 0.331 e. The summed E-state index contributed by atoms with van der Waals surface area (Å²) in [6.07, 6.45) is 2.93. The fraction of sp³-hybridized carbons (Fsp3) is 0.267. The summed E-state index contributed by atoms with van der Waals surface area (Å²) in [5.74, 6) is 0.223. The first kappa shape index (κ1) is 27.0. The van der Waals surface area contributed by atoms with Gasteiger partial charge in [0.05, 0.1) is 0 Å². The Morgan fingerprint density at radius 1 is 0.889 bits per heavy atom. The van der Waals surface area contributed by atoms with Crippen LogP contribution in [0.15, 0.2) is 72.8 Å². The fourth-order valence-electron chi connectivity index (χ4n) is 3.67. The number of benzene rings is 3. The first-order chi connectivity index (χ1) is 17.2. The van der Waals surface area contributed by atoms with Crippen LogP contribution >= 0.6 is 11.6 Å². The minimum absolute atomic E-state index is 0.248. The summed E-state index contributed by atoms with van der Waals surface area (Å²) in [6.45, 7) is 8.33. The number of carbonyl (C=O) groups excluding carboxylic acids is 2. The molecule has 0 aliphatic heterocycles. The topological polar surface area (TPSA) is 64.6 Å². The molecule has 36 heavy (non-hydrogen) atoms. The van der Waals surface area contributed by atoms with E-state index in [1.807, 2.05) is 66.7 Å². The lowest BCUT2D eigenvalue weighted by molar-refractivity contribution is -0.142. The van der Waals surface area contributed by atoms with Crippen LogP contribution in [0.5, 0.6) is 5.75 Å². The number of rotatable bonds is 10. The first-order valence-electron chi connectivity index (χ1n) is 12.0. The molecule has 0 bridgehead atoms. The van der Waals surface area contributed by atoms with E-state index in [4.69, 9.17) is 21.1 Å². The standard InChI is InChI=1S/C30H32ClNO4/c1-20(2)25-9-7-10-26(21(3)4)30(25)32-28(33)19-36-29(34)17-14-22-12-15-24(16-13-22)35-18-23-8-5-6-11-27(23)31/h5-17,20-21H,18-19H2,1-4H3,(H,32,33). The van der Waals surface area contributed by atoms with Gasteiger partial charge in [-0.2, -0.15) is 0 Å². The zero-order chi connectivity index (χ0) is 26.1. The van der Waals surface area contributed by atoms with Crippen LogP contribution in [0.3, 0.4) is 0 Å². The third-order valence-corrected chi connectivity index (χ3v) is 6.00. The Labute approximate surface area is 218 Å². The molecule has 0 spiro atoms. The zero-order valence-corrected chi connectivity index (χ0v) is 21.8. The molecule has 0 saturated heterocycles. The summed E-state index contributed by atoms with van der Waals surface area (Å²) in [7, 11) is 0. The highest BCUT2D eigenvalue weighted by atomic mass is 35.5. The number of esters is 1. The quantitative estimate of drug-likeness (QED) is 0.231. The molecule has 0 aliphatic rings. The molecule has 3 aromatic carbocycles. The van der Waals surface area contributed by atoms with Crippen LogP contribution in [0.25, 0.3) is 6.08 Å². The maximum absolute atomic E-state index is 12.5. The van der Waals surface area contributed by atoms with E-state index in [1.54, 1.807) is 6.08 Å². The summed E-state index contributed by atoms with van der Waals surface area (Å²) in [4.78, 5) is 24.7. The van der Waals surface area contributed by atoms with Gasteiger partial charge in [-0.3, -0.25) is 4.79 Å². The van der Waals surface area contributed by atoms with E-state index in [9.17, 15) is 9.59 Å². The SMILES string of the molecule is CC(C)c1cccc(C(C)C)c1NC(=O)COC(=O)C=Cc1ccc(OCc2ccccc2Cl)cc1. The van der Waals surface area contributed by atoms with E-state index in [1.165, 1.54) is 6.08 Å². The Kier molecular flexibility index (Phi) is 9.71. The van der Waals surface area contributed by atoms with Crippen molar-refractivity contribution in [2.24, 2.45) is 0 Å². The predicted molar refractivity (Wildman–Crippen MR) is 145 cm³/mol. The lowest BCUT2D eigenvalue weighted by atomic mass is 9.92. The number of carbonyl (C=O) groups is 2. The number of ether oxygens (including phenoxy) is 2. The maximum atomic E-state index is 12.5. The molecule has 0 radical (unpaired) electrons. The summed E-state index contributed by atoms with van der Waals surface area (Å²) in [5.41, 5.74) is 4.62. The number of amides is 1. The van der Waals surface area contributed by atoms with Crippen molar-refractivity contribution in [1.82, 2.24) is 0 Å². The van der Waals surface area contributed by atoms with Gasteiger partial charge < -0.3 is 14.8 Å². The summed E-state index contributed by atoms with van der Waals surface area (Å²) >= 11 is 6.15. The van der Waals surface area contributed by atoms with Gasteiger partial charge in [0.25, 0.3) is 5.91 Å². The van der Waals surface area contributed by atoms with Gasteiger partial charge in [-0.25, -0.2) is 4.79 Å². The average molecular weight is 506 g/mol. The normalized spacial score (nSPS) is 11.2. The highest BCUT2D eigenvalue weighted by Gasteiger charge is 2.16. The monoisotopic (exact) mass is 505 g/mol. The highest BCUT2D eigenvalue weighted by molar-refractivity contribution is 6.31. The number of nitrogens with one attached hydrogen (secondary N) is 1. The lowest BCUT2D eigenvalue weighted by Gasteiger charge is -2.20. The molecule has 0 aliphatic carbocycles. The molecule has 0 aromatic heterocycles. The fourth-order valence-corrected chi connectivity index (χ4v) is 3.86. The second kappa shape index (κ2) is 12.9. The minimum atomic E-state index is -0.592. The minimum Gasteiger partial charge on any atom is -0.489 e. The Bertz CT molecular complexity index is 1190. The Morgan fingerprint density at radius 2 is 1.53 bits per heavy atom. The molecule has 0 saturated carbocycles. The number of anilines is 1. The first-order valence-corrected chi connectivity index (χ1v) is 12.4. The second-order valence-electron chi connectivity index (χ2n) is 9.06. The van der Waals surface area contributed by atoms with E-state index in [0.717, 1.165) is 27.9 Å². The van der Waals surface area contributed by atoms with Crippen molar-refractivity contribution in [3.63, 3.8) is 0 Å². The van der Waals surface area contributed by atoms with Gasteiger partial charge in [0.1, 0.15) is 12.4 Å². The van der Waals surface area contributed by atoms with Crippen molar-refractivity contribution in [2.45, 2.75) is 46.1 Å². The summed E-state index contributed by atoms with van der Waals surface area (Å²) < 4.78 is 10.9. The van der Waals surface area contributed by atoms with Crippen molar-refractivity contribution in [3.8, 4) is 5.75 Å². The van der Waals surface area contributed by atoms with Crippen LogP contribution in [0.1, 0.15) is 61.8 Å². The van der Waals surface area contributed by atoms with Crippen LogP contribution in [0.4, 0.5) is 5.69 Å². The van der Waals surface area contributed by atoms with Gasteiger partial charge in [0.2, 0.25) is 0 Å². The molecule has 0 unspecified atom stereocenters. The average Bonchev–Trinajstić information content (AvgIpc) is 2.86. The molecular formula is C30H32ClNO4. The number of hydrogen-bond acceptors (Lipinski definition) is 4. The molecule has 1 amide bonds. The van der Waals surface area contributed by atoms with Gasteiger partial charge in [0, 0.05) is 22.3 Å². The number of hydrogen-bond donors (Lipinski definition) is 1. The van der Waals surface area contributed by atoms with E-state index < -0.39 is 5.97 Å². The van der Waals surface area contributed by atoms with E-state index in [2.05, 4.69) is 33.0 Å². The molecule has 3 aromatic rings. The Hall–Kier alpha value is -3.57. The summed E-state index contributed by atoms with van der Waals surface area (Å²) in [6, 6.07) is 20.8. The third-order valence-electron chi connectivity index (χ3n) is 5.63. The molecule has 5 nitrogen and oxygen atoms in total. The molecule has 1 N–H and O–H groups in total. The molecule has 6 heteroatoms. The molecule has 188 valence electrons. The number of halogens is 1.